The van der Waals surface area contributed by atoms with Gasteiger partial charge in [0, 0.05) is 13.2 Å². The lowest BCUT2D eigenvalue weighted by Crippen LogP contribution is -2.39. The van der Waals surface area contributed by atoms with Crippen LogP contribution in [0, 0.1) is 5.92 Å². The molecule has 7 heteroatoms. The lowest BCUT2D eigenvalue weighted by Gasteiger charge is -2.17. The van der Waals surface area contributed by atoms with Crippen molar-refractivity contribution in [2.75, 3.05) is 13.2 Å². The standard InChI is InChI=1S/C15H22F2N2O3/c1-10(6-7-20)9-18-15(21)19-11(2)12-4-3-5-13(8-12)22-14(16)17/h3-5,8,10-11,14,20H,6-7,9H2,1-2H3,(H2,18,19,21). The number of aliphatic hydroxyl groups is 1. The number of carbonyl (C=O) groups excluding carboxylic acids is 1. The topological polar surface area (TPSA) is 70.6 Å². The highest BCUT2D eigenvalue weighted by Gasteiger charge is 2.12. The molecule has 0 saturated carbocycles. The van der Waals surface area contributed by atoms with E-state index in [0.717, 1.165) is 0 Å². The maximum Gasteiger partial charge on any atom is 0.387 e. The lowest BCUT2D eigenvalue weighted by atomic mass is 10.1. The molecule has 0 bridgehead atoms. The van der Waals surface area contributed by atoms with Gasteiger partial charge in [0.15, 0.2) is 0 Å². The van der Waals surface area contributed by atoms with Gasteiger partial charge in [-0.15, -0.1) is 0 Å². The van der Waals surface area contributed by atoms with Gasteiger partial charge in [-0.1, -0.05) is 19.1 Å². The van der Waals surface area contributed by atoms with Crippen molar-refractivity contribution >= 4 is 6.03 Å². The van der Waals surface area contributed by atoms with E-state index in [1.165, 1.54) is 12.1 Å². The number of alkyl halides is 2. The second-order valence-electron chi connectivity index (χ2n) is 5.14. The first-order chi connectivity index (χ1) is 10.4. The van der Waals surface area contributed by atoms with Gasteiger partial charge >= 0.3 is 12.6 Å². The van der Waals surface area contributed by atoms with Crippen LogP contribution >= 0.6 is 0 Å². The number of halogens is 2. The predicted octanol–water partition coefficient (Wildman–Crippen LogP) is 2.67. The van der Waals surface area contributed by atoms with Gasteiger partial charge < -0.3 is 20.5 Å². The molecule has 1 rings (SSSR count). The highest BCUT2D eigenvalue weighted by molar-refractivity contribution is 5.74. The molecule has 0 heterocycles. The Morgan fingerprint density at radius 3 is 2.73 bits per heavy atom. The Morgan fingerprint density at radius 1 is 1.36 bits per heavy atom. The molecule has 2 unspecified atom stereocenters. The fraction of sp³-hybridized carbons (Fsp3) is 0.533. The molecular weight excluding hydrogens is 294 g/mol. The minimum Gasteiger partial charge on any atom is -0.435 e. The summed E-state index contributed by atoms with van der Waals surface area (Å²) in [7, 11) is 0. The summed E-state index contributed by atoms with van der Waals surface area (Å²) in [4.78, 5) is 11.8. The zero-order valence-electron chi connectivity index (χ0n) is 12.7. The summed E-state index contributed by atoms with van der Waals surface area (Å²) in [6.45, 7) is 1.32. The molecule has 0 fully saturated rings. The number of carbonyl (C=O) groups is 1. The van der Waals surface area contributed by atoms with Gasteiger partial charge in [-0.3, -0.25) is 0 Å². The maximum atomic E-state index is 12.2. The zero-order valence-corrected chi connectivity index (χ0v) is 12.7. The highest BCUT2D eigenvalue weighted by atomic mass is 19.3. The molecular formula is C15H22F2N2O3. The Labute approximate surface area is 128 Å². The van der Waals surface area contributed by atoms with Crippen LogP contribution in [0.15, 0.2) is 24.3 Å². The number of hydrogen-bond donors (Lipinski definition) is 3. The monoisotopic (exact) mass is 316 g/mol. The summed E-state index contributed by atoms with van der Waals surface area (Å²) in [6, 6.07) is 5.50. The molecule has 0 saturated heterocycles. The Hall–Kier alpha value is -1.89. The quantitative estimate of drug-likeness (QED) is 0.690. The molecule has 0 aromatic heterocycles. The molecule has 0 aliphatic carbocycles. The van der Waals surface area contributed by atoms with Gasteiger partial charge in [0.1, 0.15) is 5.75 Å². The Kier molecular flexibility index (Phi) is 7.59. The van der Waals surface area contributed by atoms with Gasteiger partial charge in [0.05, 0.1) is 6.04 Å². The Morgan fingerprint density at radius 2 is 2.09 bits per heavy atom. The summed E-state index contributed by atoms with van der Waals surface area (Å²) in [5.41, 5.74) is 0.664. The number of ether oxygens (including phenoxy) is 1. The van der Waals surface area contributed by atoms with Crippen LogP contribution in [0.4, 0.5) is 13.6 Å². The fourth-order valence-corrected chi connectivity index (χ4v) is 1.88. The lowest BCUT2D eigenvalue weighted by molar-refractivity contribution is -0.0499. The number of aliphatic hydroxyl groups excluding tert-OH is 1. The average molecular weight is 316 g/mol. The van der Waals surface area contributed by atoms with Crippen molar-refractivity contribution in [3.63, 3.8) is 0 Å². The van der Waals surface area contributed by atoms with Crippen molar-refractivity contribution in [1.82, 2.24) is 10.6 Å². The van der Waals surface area contributed by atoms with Crippen LogP contribution in [0.25, 0.3) is 0 Å². The average Bonchev–Trinajstić information content (AvgIpc) is 2.45. The number of urea groups is 1. The summed E-state index contributed by atoms with van der Waals surface area (Å²) in [5.74, 6) is 0.229. The molecule has 124 valence electrons. The van der Waals surface area contributed by atoms with E-state index in [4.69, 9.17) is 5.11 Å². The van der Waals surface area contributed by atoms with Crippen molar-refractivity contribution < 1.29 is 23.4 Å². The van der Waals surface area contributed by atoms with Gasteiger partial charge in [-0.05, 0) is 37.0 Å². The third-order valence-electron chi connectivity index (χ3n) is 3.16. The van der Waals surface area contributed by atoms with Crippen molar-refractivity contribution in [3.05, 3.63) is 29.8 Å². The van der Waals surface area contributed by atoms with E-state index >= 15 is 0 Å². The first-order valence-electron chi connectivity index (χ1n) is 7.12. The largest absolute Gasteiger partial charge is 0.435 e. The molecule has 2 amide bonds. The van der Waals surface area contributed by atoms with E-state index in [-0.39, 0.29) is 30.3 Å². The van der Waals surface area contributed by atoms with E-state index in [9.17, 15) is 13.6 Å². The number of amides is 2. The third-order valence-corrected chi connectivity index (χ3v) is 3.16. The third kappa shape index (κ3) is 6.71. The van der Waals surface area contributed by atoms with E-state index in [1.807, 2.05) is 6.92 Å². The molecule has 1 aromatic rings. The summed E-state index contributed by atoms with van der Waals surface area (Å²) in [6.07, 6.45) is 0.614. The van der Waals surface area contributed by atoms with Gasteiger partial charge in [0.25, 0.3) is 0 Å². The number of benzene rings is 1. The van der Waals surface area contributed by atoms with E-state index in [2.05, 4.69) is 15.4 Å². The van der Waals surface area contributed by atoms with Gasteiger partial charge in [-0.2, -0.15) is 8.78 Å². The van der Waals surface area contributed by atoms with Crippen LogP contribution in [0.1, 0.15) is 31.9 Å². The molecule has 22 heavy (non-hydrogen) atoms. The normalized spacial score (nSPS) is 13.5. The molecule has 5 nitrogen and oxygen atoms in total. The second kappa shape index (κ2) is 9.19. The van der Waals surface area contributed by atoms with Crippen molar-refractivity contribution in [3.8, 4) is 5.75 Å². The Bertz CT molecular complexity index is 472. The van der Waals surface area contributed by atoms with Gasteiger partial charge in [-0.25, -0.2) is 4.79 Å². The minimum absolute atomic E-state index is 0.0538. The Balaban J connectivity index is 2.50. The molecule has 1 aromatic carbocycles. The zero-order chi connectivity index (χ0) is 16.5. The number of nitrogens with one attached hydrogen (secondary N) is 2. The SMILES string of the molecule is CC(CCO)CNC(=O)NC(C)c1cccc(OC(F)F)c1. The van der Waals surface area contributed by atoms with Crippen LogP contribution in [-0.4, -0.2) is 30.9 Å². The molecule has 0 radical (unpaired) electrons. The van der Waals surface area contributed by atoms with E-state index in [0.29, 0.717) is 18.5 Å². The summed E-state index contributed by atoms with van der Waals surface area (Å²) in [5, 5.41) is 14.2. The summed E-state index contributed by atoms with van der Waals surface area (Å²) >= 11 is 0. The predicted molar refractivity (Wildman–Crippen MR) is 78.9 cm³/mol. The number of rotatable bonds is 8. The molecule has 0 spiro atoms. The van der Waals surface area contributed by atoms with Crippen LogP contribution in [-0.2, 0) is 0 Å². The second-order valence-corrected chi connectivity index (χ2v) is 5.14. The van der Waals surface area contributed by atoms with Crippen molar-refractivity contribution in [2.45, 2.75) is 32.9 Å². The fourth-order valence-electron chi connectivity index (χ4n) is 1.88. The first-order valence-corrected chi connectivity index (χ1v) is 7.12. The van der Waals surface area contributed by atoms with E-state index in [1.54, 1.807) is 19.1 Å². The highest BCUT2D eigenvalue weighted by Crippen LogP contribution is 2.20. The smallest absolute Gasteiger partial charge is 0.387 e. The van der Waals surface area contributed by atoms with Crippen LogP contribution in [0.2, 0.25) is 0 Å². The van der Waals surface area contributed by atoms with Crippen LogP contribution in [0.5, 0.6) is 5.75 Å². The van der Waals surface area contributed by atoms with Crippen molar-refractivity contribution in [1.29, 1.82) is 0 Å². The minimum atomic E-state index is -2.88. The molecule has 3 N–H and O–H groups in total. The van der Waals surface area contributed by atoms with Crippen molar-refractivity contribution in [2.24, 2.45) is 5.92 Å². The summed E-state index contributed by atoms with van der Waals surface area (Å²) < 4.78 is 28.7. The number of hydrogen-bond acceptors (Lipinski definition) is 3. The van der Waals surface area contributed by atoms with E-state index < -0.39 is 6.61 Å². The van der Waals surface area contributed by atoms with Crippen LogP contribution < -0.4 is 15.4 Å². The molecule has 0 aliphatic rings. The van der Waals surface area contributed by atoms with Gasteiger partial charge in [0.2, 0.25) is 0 Å². The molecule has 2 atom stereocenters. The first kappa shape index (κ1) is 18.2. The maximum absolute atomic E-state index is 12.2. The van der Waals surface area contributed by atoms with Crippen LogP contribution in [0.3, 0.4) is 0 Å². The molecule has 0 aliphatic heterocycles.